The molecule has 0 aliphatic rings. The second-order valence-corrected chi connectivity index (χ2v) is 7.01. The third kappa shape index (κ3) is 3.80. The number of aromatic hydroxyl groups is 1. The van der Waals surface area contributed by atoms with Crippen LogP contribution in [0.1, 0.15) is 11.1 Å². The van der Waals surface area contributed by atoms with E-state index in [1.165, 1.54) is 17.7 Å². The highest BCUT2D eigenvalue weighted by molar-refractivity contribution is 9.10. The van der Waals surface area contributed by atoms with Crippen LogP contribution < -0.4 is 5.63 Å². The first-order valence-corrected chi connectivity index (χ1v) is 8.48. The van der Waals surface area contributed by atoms with E-state index >= 15 is 0 Å². The number of fused-ring (bicyclic) bond motifs is 1. The van der Waals surface area contributed by atoms with Crippen LogP contribution in [-0.4, -0.2) is 17.1 Å². The first kappa shape index (κ1) is 17.0. The summed E-state index contributed by atoms with van der Waals surface area (Å²) < 4.78 is 6.19. The molecule has 0 atom stereocenters. The van der Waals surface area contributed by atoms with E-state index in [1.807, 2.05) is 31.3 Å². The van der Waals surface area contributed by atoms with Gasteiger partial charge in [0, 0.05) is 35.1 Å². The van der Waals surface area contributed by atoms with Crippen LogP contribution >= 0.6 is 27.5 Å². The van der Waals surface area contributed by atoms with Crippen molar-refractivity contribution in [1.82, 2.24) is 4.90 Å². The van der Waals surface area contributed by atoms with E-state index in [2.05, 4.69) is 20.8 Å². The molecule has 0 amide bonds. The van der Waals surface area contributed by atoms with E-state index in [0.717, 1.165) is 22.0 Å². The first-order valence-electron chi connectivity index (χ1n) is 7.30. The zero-order valence-corrected chi connectivity index (χ0v) is 15.3. The molecular weight excluding hydrogens is 394 g/mol. The summed E-state index contributed by atoms with van der Waals surface area (Å²) in [6, 6.07) is 12.6. The van der Waals surface area contributed by atoms with E-state index in [1.54, 1.807) is 6.07 Å². The fraction of sp³-hybridized carbons (Fsp3) is 0.167. The highest BCUT2D eigenvalue weighted by atomic mass is 79.9. The van der Waals surface area contributed by atoms with E-state index in [-0.39, 0.29) is 10.8 Å². The average Bonchev–Trinajstić information content (AvgIpc) is 2.51. The third-order valence-corrected chi connectivity index (χ3v) is 4.54. The van der Waals surface area contributed by atoms with Gasteiger partial charge in [0.15, 0.2) is 0 Å². The normalized spacial score (nSPS) is 11.3. The van der Waals surface area contributed by atoms with Crippen molar-refractivity contribution in [2.45, 2.75) is 13.1 Å². The van der Waals surface area contributed by atoms with Crippen LogP contribution in [0.3, 0.4) is 0 Å². The van der Waals surface area contributed by atoms with Gasteiger partial charge in [0.1, 0.15) is 11.3 Å². The molecule has 0 fully saturated rings. The van der Waals surface area contributed by atoms with Gasteiger partial charge in [-0.25, -0.2) is 4.79 Å². The number of phenolic OH excluding ortho intramolecular Hbond substituents is 1. The van der Waals surface area contributed by atoms with E-state index in [9.17, 15) is 9.90 Å². The molecule has 3 rings (SSSR count). The number of nitrogens with zero attached hydrogens (tertiary/aromatic N) is 1. The molecule has 6 heteroatoms. The summed E-state index contributed by atoms with van der Waals surface area (Å²) in [7, 11) is 1.98. The molecule has 0 radical (unpaired) electrons. The fourth-order valence-corrected chi connectivity index (χ4v) is 3.04. The average molecular weight is 409 g/mol. The van der Waals surface area contributed by atoms with Crippen molar-refractivity contribution in [3.05, 3.63) is 73.5 Å². The highest BCUT2D eigenvalue weighted by Gasteiger charge is 2.11. The van der Waals surface area contributed by atoms with Gasteiger partial charge < -0.3 is 9.52 Å². The Balaban J connectivity index is 1.90. The molecular formula is C18H15BrClNO3. The van der Waals surface area contributed by atoms with Crippen LogP contribution in [0.15, 0.2) is 56.1 Å². The van der Waals surface area contributed by atoms with Crippen LogP contribution in [0.25, 0.3) is 11.0 Å². The summed E-state index contributed by atoms with van der Waals surface area (Å²) in [6.45, 7) is 1.29. The van der Waals surface area contributed by atoms with Gasteiger partial charge in [0.05, 0.1) is 5.02 Å². The molecule has 0 saturated heterocycles. The smallest absolute Gasteiger partial charge is 0.336 e. The Kier molecular flexibility index (Phi) is 4.94. The fourth-order valence-electron chi connectivity index (χ4n) is 2.61. The summed E-state index contributed by atoms with van der Waals surface area (Å²) in [4.78, 5) is 13.9. The lowest BCUT2D eigenvalue weighted by Crippen LogP contribution is -2.18. The quantitative estimate of drug-likeness (QED) is 0.644. The Bertz CT molecular complexity index is 937. The Labute approximate surface area is 152 Å². The second-order valence-electron chi connectivity index (χ2n) is 5.69. The van der Waals surface area contributed by atoms with Gasteiger partial charge in [-0.05, 0) is 36.4 Å². The molecule has 0 bridgehead atoms. The number of rotatable bonds is 4. The van der Waals surface area contributed by atoms with Gasteiger partial charge in [-0.1, -0.05) is 39.7 Å². The molecule has 0 spiro atoms. The summed E-state index contributed by atoms with van der Waals surface area (Å²) in [6.07, 6.45) is 0. The zero-order valence-electron chi connectivity index (χ0n) is 12.9. The maximum atomic E-state index is 11.8. The topological polar surface area (TPSA) is 53.7 Å². The summed E-state index contributed by atoms with van der Waals surface area (Å²) in [5, 5.41) is 10.6. The third-order valence-electron chi connectivity index (χ3n) is 3.70. The number of phenols is 1. The van der Waals surface area contributed by atoms with Crippen molar-refractivity contribution in [3.63, 3.8) is 0 Å². The van der Waals surface area contributed by atoms with E-state index < -0.39 is 5.63 Å². The van der Waals surface area contributed by atoms with Crippen LogP contribution in [-0.2, 0) is 13.1 Å². The van der Waals surface area contributed by atoms with E-state index in [4.69, 9.17) is 16.0 Å². The largest absolute Gasteiger partial charge is 0.506 e. The molecule has 3 aromatic rings. The van der Waals surface area contributed by atoms with Crippen molar-refractivity contribution in [3.8, 4) is 5.75 Å². The molecule has 4 nitrogen and oxygen atoms in total. The van der Waals surface area contributed by atoms with Crippen LogP contribution in [0, 0.1) is 0 Å². The van der Waals surface area contributed by atoms with Crippen LogP contribution in [0.2, 0.25) is 5.02 Å². The molecule has 0 unspecified atom stereocenters. The Morgan fingerprint density at radius 3 is 2.58 bits per heavy atom. The predicted molar refractivity (Wildman–Crippen MR) is 98.5 cm³/mol. The van der Waals surface area contributed by atoms with Crippen molar-refractivity contribution in [1.29, 1.82) is 0 Å². The summed E-state index contributed by atoms with van der Waals surface area (Å²) in [5.74, 6) is -0.104. The first-order chi connectivity index (χ1) is 11.4. The Hall–Kier alpha value is -1.82. The lowest BCUT2D eigenvalue weighted by molar-refractivity contribution is 0.319. The number of hydrogen-bond acceptors (Lipinski definition) is 4. The monoisotopic (exact) mass is 407 g/mol. The molecule has 0 aliphatic carbocycles. The standard InChI is InChI=1S/C18H15BrClNO3/c1-21(9-11-2-4-13(19)5-3-11)10-12-6-18(23)24-17-8-16(22)15(20)7-14(12)17/h2-8,22H,9-10H2,1H3. The highest BCUT2D eigenvalue weighted by Crippen LogP contribution is 2.30. The van der Waals surface area contributed by atoms with Crippen LogP contribution in [0.5, 0.6) is 5.75 Å². The van der Waals surface area contributed by atoms with Crippen molar-refractivity contribution >= 4 is 38.5 Å². The molecule has 24 heavy (non-hydrogen) atoms. The van der Waals surface area contributed by atoms with Gasteiger partial charge in [0.2, 0.25) is 0 Å². The molecule has 1 heterocycles. The van der Waals surface area contributed by atoms with Gasteiger partial charge in [0.25, 0.3) is 0 Å². The van der Waals surface area contributed by atoms with Gasteiger partial charge in [-0.3, -0.25) is 4.90 Å². The van der Waals surface area contributed by atoms with E-state index in [0.29, 0.717) is 12.1 Å². The maximum Gasteiger partial charge on any atom is 0.336 e. The van der Waals surface area contributed by atoms with Gasteiger partial charge in [-0.2, -0.15) is 0 Å². The predicted octanol–water partition coefficient (Wildman–Crippen LogP) is 4.55. The molecule has 0 saturated carbocycles. The van der Waals surface area contributed by atoms with Crippen LogP contribution in [0.4, 0.5) is 0 Å². The van der Waals surface area contributed by atoms with Crippen molar-refractivity contribution in [2.24, 2.45) is 0 Å². The zero-order chi connectivity index (χ0) is 17.3. The molecule has 124 valence electrons. The molecule has 1 aromatic heterocycles. The molecule has 0 aliphatic heterocycles. The molecule has 1 N–H and O–H groups in total. The van der Waals surface area contributed by atoms with Gasteiger partial charge >= 0.3 is 5.63 Å². The van der Waals surface area contributed by atoms with Crippen molar-refractivity contribution < 1.29 is 9.52 Å². The SMILES string of the molecule is CN(Cc1ccc(Br)cc1)Cc1cc(=O)oc2cc(O)c(Cl)cc12. The summed E-state index contributed by atoms with van der Waals surface area (Å²) >= 11 is 9.41. The lowest BCUT2D eigenvalue weighted by atomic mass is 10.1. The van der Waals surface area contributed by atoms with Crippen molar-refractivity contribution in [2.75, 3.05) is 7.05 Å². The van der Waals surface area contributed by atoms with Gasteiger partial charge in [-0.15, -0.1) is 0 Å². The Morgan fingerprint density at radius 2 is 1.88 bits per heavy atom. The number of halogens is 2. The molecule has 2 aromatic carbocycles. The number of hydrogen-bond donors (Lipinski definition) is 1. The minimum absolute atomic E-state index is 0.104. The maximum absolute atomic E-state index is 11.8. The minimum Gasteiger partial charge on any atom is -0.506 e. The number of benzene rings is 2. The summed E-state index contributed by atoms with van der Waals surface area (Å²) in [5.41, 5.74) is 1.86. The lowest BCUT2D eigenvalue weighted by Gasteiger charge is -2.18. The minimum atomic E-state index is -0.448. The second kappa shape index (κ2) is 6.97. The Morgan fingerprint density at radius 1 is 1.17 bits per heavy atom.